The highest BCUT2D eigenvalue weighted by Gasteiger charge is 2.19. The summed E-state index contributed by atoms with van der Waals surface area (Å²) in [5.41, 5.74) is 2.58. The number of fused-ring (bicyclic) bond motifs is 1. The Morgan fingerprint density at radius 2 is 1.97 bits per heavy atom. The van der Waals surface area contributed by atoms with Crippen LogP contribution in [-0.4, -0.2) is 29.3 Å². The van der Waals surface area contributed by atoms with Crippen molar-refractivity contribution in [2.45, 2.75) is 44.6 Å². The summed E-state index contributed by atoms with van der Waals surface area (Å²) in [7, 11) is 1.41. The number of hydrogen-bond acceptors (Lipinski definition) is 3. The van der Waals surface area contributed by atoms with Gasteiger partial charge in [0.1, 0.15) is 5.75 Å². The standard InChI is InChI=1S/C23H24FNO4/c1-28-21-10-7-14(11-19(21)24)23-18(13-22(26)27)17-12-16(8-9-20(17)25-23)29-15-5-3-2-4-6-15/h7-12,15,25H,2-6,13H2,1H3,(H,26,27). The van der Waals surface area contributed by atoms with E-state index in [1.54, 1.807) is 12.1 Å². The van der Waals surface area contributed by atoms with Gasteiger partial charge in [-0.25, -0.2) is 4.39 Å². The molecule has 0 saturated heterocycles. The molecular weight excluding hydrogens is 373 g/mol. The van der Waals surface area contributed by atoms with Crippen molar-refractivity contribution in [3.05, 3.63) is 47.8 Å². The van der Waals surface area contributed by atoms with Crippen LogP contribution in [0.5, 0.6) is 11.5 Å². The summed E-state index contributed by atoms with van der Waals surface area (Å²) in [4.78, 5) is 14.8. The summed E-state index contributed by atoms with van der Waals surface area (Å²) in [6.45, 7) is 0. The van der Waals surface area contributed by atoms with Gasteiger partial charge in [-0.15, -0.1) is 0 Å². The van der Waals surface area contributed by atoms with Crippen LogP contribution in [0.4, 0.5) is 4.39 Å². The zero-order valence-corrected chi connectivity index (χ0v) is 16.3. The molecule has 0 aliphatic heterocycles. The minimum Gasteiger partial charge on any atom is -0.494 e. The van der Waals surface area contributed by atoms with Gasteiger partial charge >= 0.3 is 5.97 Å². The second kappa shape index (κ2) is 8.15. The Hall–Kier alpha value is -3.02. The fourth-order valence-electron chi connectivity index (χ4n) is 4.08. The van der Waals surface area contributed by atoms with Gasteiger partial charge in [-0.1, -0.05) is 6.42 Å². The Kier molecular flexibility index (Phi) is 5.43. The number of benzene rings is 2. The molecule has 5 nitrogen and oxygen atoms in total. The number of rotatable bonds is 6. The van der Waals surface area contributed by atoms with Gasteiger partial charge in [0.2, 0.25) is 0 Å². The molecule has 0 atom stereocenters. The highest BCUT2D eigenvalue weighted by Crippen LogP contribution is 2.35. The second-order valence-electron chi connectivity index (χ2n) is 7.48. The quantitative estimate of drug-likeness (QED) is 0.590. The molecule has 0 spiro atoms. The lowest BCUT2D eigenvalue weighted by molar-refractivity contribution is -0.136. The van der Waals surface area contributed by atoms with Gasteiger partial charge in [0.15, 0.2) is 11.6 Å². The third-order valence-electron chi connectivity index (χ3n) is 5.50. The van der Waals surface area contributed by atoms with E-state index in [-0.39, 0.29) is 18.3 Å². The largest absolute Gasteiger partial charge is 0.494 e. The Labute approximate surface area is 168 Å². The average molecular weight is 397 g/mol. The van der Waals surface area contributed by atoms with E-state index in [2.05, 4.69) is 4.98 Å². The number of aromatic amines is 1. The van der Waals surface area contributed by atoms with E-state index in [0.29, 0.717) is 16.8 Å². The Balaban J connectivity index is 1.75. The molecule has 0 unspecified atom stereocenters. The fourth-order valence-corrected chi connectivity index (χ4v) is 4.08. The third-order valence-corrected chi connectivity index (χ3v) is 5.50. The number of aromatic nitrogens is 1. The van der Waals surface area contributed by atoms with Crippen LogP contribution in [0.2, 0.25) is 0 Å². The van der Waals surface area contributed by atoms with Crippen LogP contribution < -0.4 is 9.47 Å². The van der Waals surface area contributed by atoms with E-state index < -0.39 is 11.8 Å². The number of halogens is 1. The fraction of sp³-hybridized carbons (Fsp3) is 0.348. The van der Waals surface area contributed by atoms with E-state index in [1.807, 2.05) is 18.2 Å². The van der Waals surface area contributed by atoms with E-state index in [0.717, 1.165) is 29.5 Å². The van der Waals surface area contributed by atoms with Gasteiger partial charge in [-0.3, -0.25) is 4.79 Å². The van der Waals surface area contributed by atoms with Gasteiger partial charge in [-0.2, -0.15) is 0 Å². The number of hydrogen-bond donors (Lipinski definition) is 2. The van der Waals surface area contributed by atoms with Crippen LogP contribution in [-0.2, 0) is 11.2 Å². The normalized spacial score (nSPS) is 14.8. The molecule has 1 aromatic heterocycles. The topological polar surface area (TPSA) is 71.5 Å². The first-order valence-corrected chi connectivity index (χ1v) is 9.92. The van der Waals surface area contributed by atoms with Crippen LogP contribution in [0.1, 0.15) is 37.7 Å². The summed E-state index contributed by atoms with van der Waals surface area (Å²) in [6, 6.07) is 10.3. The molecule has 152 valence electrons. The van der Waals surface area contributed by atoms with Crippen molar-refractivity contribution < 1.29 is 23.8 Å². The van der Waals surface area contributed by atoms with Crippen molar-refractivity contribution in [3.8, 4) is 22.8 Å². The van der Waals surface area contributed by atoms with Gasteiger partial charge in [0.05, 0.1) is 25.3 Å². The van der Waals surface area contributed by atoms with Gasteiger partial charge in [-0.05, 0) is 67.6 Å². The first-order valence-electron chi connectivity index (χ1n) is 9.92. The van der Waals surface area contributed by atoms with Crippen molar-refractivity contribution in [1.82, 2.24) is 4.98 Å². The summed E-state index contributed by atoms with van der Waals surface area (Å²) in [6.07, 6.45) is 5.73. The summed E-state index contributed by atoms with van der Waals surface area (Å²) in [5, 5.41) is 10.2. The Morgan fingerprint density at radius 1 is 1.17 bits per heavy atom. The summed E-state index contributed by atoms with van der Waals surface area (Å²) < 4.78 is 25.4. The SMILES string of the molecule is COc1ccc(-c2[nH]c3ccc(OC4CCCCC4)cc3c2CC(=O)O)cc1F. The molecule has 0 bridgehead atoms. The molecule has 0 radical (unpaired) electrons. The number of methoxy groups -OCH3 is 1. The number of aliphatic carboxylic acids is 1. The van der Waals surface area contributed by atoms with Crippen LogP contribution >= 0.6 is 0 Å². The minimum absolute atomic E-state index is 0.146. The lowest BCUT2D eigenvalue weighted by Gasteiger charge is -2.23. The zero-order chi connectivity index (χ0) is 20.4. The van der Waals surface area contributed by atoms with Crippen molar-refractivity contribution in [2.75, 3.05) is 7.11 Å². The number of H-pyrrole nitrogens is 1. The Morgan fingerprint density at radius 3 is 2.66 bits per heavy atom. The smallest absolute Gasteiger partial charge is 0.307 e. The molecule has 1 saturated carbocycles. The number of nitrogens with one attached hydrogen (secondary N) is 1. The molecule has 29 heavy (non-hydrogen) atoms. The second-order valence-corrected chi connectivity index (χ2v) is 7.48. The molecule has 1 heterocycles. The van der Waals surface area contributed by atoms with Crippen molar-refractivity contribution in [1.29, 1.82) is 0 Å². The van der Waals surface area contributed by atoms with E-state index in [1.165, 1.54) is 32.4 Å². The monoisotopic (exact) mass is 397 g/mol. The Bertz CT molecular complexity index is 1040. The summed E-state index contributed by atoms with van der Waals surface area (Å²) >= 11 is 0. The minimum atomic E-state index is -0.945. The van der Waals surface area contributed by atoms with E-state index in [9.17, 15) is 14.3 Å². The number of carboxylic acid groups (broad SMARTS) is 1. The molecule has 0 amide bonds. The third kappa shape index (κ3) is 4.06. The van der Waals surface area contributed by atoms with Crippen LogP contribution in [0.25, 0.3) is 22.2 Å². The van der Waals surface area contributed by atoms with Gasteiger partial charge in [0, 0.05) is 16.5 Å². The maximum atomic E-state index is 14.2. The lowest BCUT2D eigenvalue weighted by Crippen LogP contribution is -2.19. The van der Waals surface area contributed by atoms with Crippen LogP contribution in [0.15, 0.2) is 36.4 Å². The van der Waals surface area contributed by atoms with Gasteiger partial charge in [0.25, 0.3) is 0 Å². The van der Waals surface area contributed by atoms with E-state index in [4.69, 9.17) is 9.47 Å². The highest BCUT2D eigenvalue weighted by molar-refractivity contribution is 5.94. The number of carboxylic acids is 1. The molecular formula is C23H24FNO4. The molecule has 4 rings (SSSR count). The van der Waals surface area contributed by atoms with Crippen molar-refractivity contribution >= 4 is 16.9 Å². The maximum absolute atomic E-state index is 14.2. The molecule has 1 fully saturated rings. The first kappa shape index (κ1) is 19.3. The average Bonchev–Trinajstić information content (AvgIpc) is 3.06. The van der Waals surface area contributed by atoms with Crippen molar-refractivity contribution in [3.63, 3.8) is 0 Å². The molecule has 2 N–H and O–H groups in total. The molecule has 2 aromatic carbocycles. The van der Waals surface area contributed by atoms with Crippen molar-refractivity contribution in [2.24, 2.45) is 0 Å². The predicted molar refractivity (Wildman–Crippen MR) is 109 cm³/mol. The highest BCUT2D eigenvalue weighted by atomic mass is 19.1. The predicted octanol–water partition coefficient (Wildman–Crippen LogP) is 5.32. The molecule has 6 heteroatoms. The first-order chi connectivity index (χ1) is 14.0. The molecule has 1 aliphatic rings. The number of carbonyl (C=O) groups is 1. The molecule has 3 aromatic rings. The van der Waals surface area contributed by atoms with Crippen LogP contribution in [0.3, 0.4) is 0 Å². The lowest BCUT2D eigenvalue weighted by atomic mass is 9.98. The zero-order valence-electron chi connectivity index (χ0n) is 16.3. The summed E-state index contributed by atoms with van der Waals surface area (Å²) in [5.74, 6) is -0.554. The van der Waals surface area contributed by atoms with Gasteiger partial charge < -0.3 is 19.6 Å². The molecule has 1 aliphatic carbocycles. The van der Waals surface area contributed by atoms with Crippen LogP contribution in [0, 0.1) is 5.82 Å². The van der Waals surface area contributed by atoms with E-state index >= 15 is 0 Å². The number of ether oxygens (including phenoxy) is 2. The maximum Gasteiger partial charge on any atom is 0.307 e.